The maximum atomic E-state index is 12.0. The number of hydrogen-bond donors (Lipinski definition) is 0. The standard InChI is InChI=1S/C15H16O3/c1-7-4-5-10-9(3)15(17)18-14(10)13-8(2)6-11(16)12(7)13/h6,10,13-14H,3-5H2,1-2H3/t10-,13+,14+/m0/s1. The van der Waals surface area contributed by atoms with Gasteiger partial charge >= 0.3 is 5.97 Å². The quantitative estimate of drug-likeness (QED) is 0.485. The van der Waals surface area contributed by atoms with Crippen LogP contribution in [0.2, 0.25) is 0 Å². The third-order valence-corrected chi connectivity index (χ3v) is 4.39. The zero-order valence-corrected chi connectivity index (χ0v) is 10.7. The van der Waals surface area contributed by atoms with Gasteiger partial charge in [-0.3, -0.25) is 4.79 Å². The van der Waals surface area contributed by atoms with Crippen molar-refractivity contribution in [3.8, 4) is 0 Å². The Labute approximate surface area is 106 Å². The predicted octanol–water partition coefficient (Wildman–Crippen LogP) is 2.34. The maximum absolute atomic E-state index is 12.0. The van der Waals surface area contributed by atoms with E-state index in [4.69, 9.17) is 4.74 Å². The smallest absolute Gasteiger partial charge is 0.334 e. The van der Waals surface area contributed by atoms with Crippen LogP contribution in [0.5, 0.6) is 0 Å². The van der Waals surface area contributed by atoms with Crippen molar-refractivity contribution in [2.24, 2.45) is 11.8 Å². The number of hydrogen-bond acceptors (Lipinski definition) is 3. The normalized spacial score (nSPS) is 35.1. The second-order valence-electron chi connectivity index (χ2n) is 5.46. The first kappa shape index (κ1) is 11.5. The van der Waals surface area contributed by atoms with Crippen molar-refractivity contribution < 1.29 is 14.3 Å². The molecule has 1 aliphatic heterocycles. The maximum Gasteiger partial charge on any atom is 0.334 e. The molecule has 0 bridgehead atoms. The van der Waals surface area contributed by atoms with E-state index in [2.05, 4.69) is 6.58 Å². The Balaban J connectivity index is 2.10. The van der Waals surface area contributed by atoms with Crippen LogP contribution in [-0.4, -0.2) is 17.9 Å². The van der Waals surface area contributed by atoms with Crippen LogP contribution in [0, 0.1) is 11.8 Å². The van der Waals surface area contributed by atoms with E-state index < -0.39 is 0 Å². The highest BCUT2D eigenvalue weighted by molar-refractivity contribution is 6.09. The minimum Gasteiger partial charge on any atom is -0.457 e. The van der Waals surface area contributed by atoms with Crippen LogP contribution >= 0.6 is 0 Å². The predicted molar refractivity (Wildman–Crippen MR) is 66.7 cm³/mol. The van der Waals surface area contributed by atoms with Crippen LogP contribution in [0.3, 0.4) is 0 Å². The van der Waals surface area contributed by atoms with Gasteiger partial charge in [-0.1, -0.05) is 17.7 Å². The Morgan fingerprint density at radius 2 is 2.06 bits per heavy atom. The Kier molecular flexibility index (Phi) is 2.34. The second-order valence-corrected chi connectivity index (χ2v) is 5.46. The molecule has 3 rings (SSSR count). The fourth-order valence-corrected chi connectivity index (χ4v) is 3.43. The molecule has 1 heterocycles. The molecule has 0 N–H and O–H groups in total. The summed E-state index contributed by atoms with van der Waals surface area (Å²) in [7, 11) is 0. The van der Waals surface area contributed by atoms with Gasteiger partial charge in [0.05, 0.1) is 0 Å². The van der Waals surface area contributed by atoms with Crippen LogP contribution in [0.4, 0.5) is 0 Å². The van der Waals surface area contributed by atoms with E-state index in [0.29, 0.717) is 5.57 Å². The molecule has 0 spiro atoms. The minimum absolute atomic E-state index is 0.0480. The third kappa shape index (κ3) is 1.36. The Morgan fingerprint density at radius 1 is 1.33 bits per heavy atom. The molecule has 2 aliphatic carbocycles. The molecule has 18 heavy (non-hydrogen) atoms. The van der Waals surface area contributed by atoms with Gasteiger partial charge in [0.1, 0.15) is 6.10 Å². The minimum atomic E-state index is -0.295. The van der Waals surface area contributed by atoms with Gasteiger partial charge in [0.15, 0.2) is 5.78 Å². The molecule has 0 unspecified atom stereocenters. The molecular formula is C15H16O3. The Hall–Kier alpha value is -1.64. The fraction of sp³-hybridized carbons (Fsp3) is 0.467. The molecule has 0 amide bonds. The Morgan fingerprint density at radius 3 is 2.78 bits per heavy atom. The van der Waals surface area contributed by atoms with Crippen LogP contribution in [-0.2, 0) is 14.3 Å². The molecule has 0 aromatic carbocycles. The Bertz CT molecular complexity index is 536. The number of esters is 1. The summed E-state index contributed by atoms with van der Waals surface area (Å²) in [6.07, 6.45) is 3.15. The van der Waals surface area contributed by atoms with Crippen molar-refractivity contribution in [3.05, 3.63) is 34.9 Å². The monoisotopic (exact) mass is 244 g/mol. The number of ketones is 1. The average Bonchev–Trinajstić information content (AvgIpc) is 2.68. The molecule has 0 aromatic rings. The summed E-state index contributed by atoms with van der Waals surface area (Å²) in [5.41, 5.74) is 3.56. The SMILES string of the molecule is C=C1C(=O)O[C@H]2[C@@H]3C(C)=CC(=O)C3=C(C)CC[C@@H]12. The van der Waals surface area contributed by atoms with Gasteiger partial charge in [0.2, 0.25) is 0 Å². The third-order valence-electron chi connectivity index (χ3n) is 4.39. The van der Waals surface area contributed by atoms with Gasteiger partial charge in [-0.15, -0.1) is 0 Å². The van der Waals surface area contributed by atoms with Crippen molar-refractivity contribution in [1.82, 2.24) is 0 Å². The largest absolute Gasteiger partial charge is 0.457 e. The van der Waals surface area contributed by atoms with Crippen molar-refractivity contribution in [2.45, 2.75) is 32.8 Å². The highest BCUT2D eigenvalue weighted by Gasteiger charge is 2.49. The van der Waals surface area contributed by atoms with Gasteiger partial charge in [-0.2, -0.15) is 0 Å². The van der Waals surface area contributed by atoms with Gasteiger partial charge in [-0.25, -0.2) is 4.79 Å². The summed E-state index contributed by atoms with van der Waals surface area (Å²) < 4.78 is 5.47. The molecular weight excluding hydrogens is 228 g/mol. The first-order valence-corrected chi connectivity index (χ1v) is 6.32. The number of rotatable bonds is 0. The van der Waals surface area contributed by atoms with E-state index in [1.165, 1.54) is 0 Å². The first-order valence-electron chi connectivity index (χ1n) is 6.32. The van der Waals surface area contributed by atoms with E-state index in [-0.39, 0.29) is 29.7 Å². The highest BCUT2D eigenvalue weighted by Crippen LogP contribution is 2.47. The lowest BCUT2D eigenvalue weighted by atomic mass is 9.83. The van der Waals surface area contributed by atoms with Crippen LogP contribution < -0.4 is 0 Å². The van der Waals surface area contributed by atoms with E-state index in [0.717, 1.165) is 29.6 Å². The number of fused-ring (bicyclic) bond motifs is 3. The molecule has 3 heteroatoms. The zero-order valence-electron chi connectivity index (χ0n) is 10.7. The molecule has 94 valence electrons. The summed E-state index contributed by atoms with van der Waals surface area (Å²) in [5.74, 6) is -0.197. The van der Waals surface area contributed by atoms with E-state index >= 15 is 0 Å². The number of allylic oxidation sites excluding steroid dienone is 2. The fourth-order valence-electron chi connectivity index (χ4n) is 3.43. The molecule has 0 aromatic heterocycles. The average molecular weight is 244 g/mol. The van der Waals surface area contributed by atoms with Crippen LogP contribution in [0.25, 0.3) is 0 Å². The van der Waals surface area contributed by atoms with Crippen molar-refractivity contribution in [2.75, 3.05) is 0 Å². The van der Waals surface area contributed by atoms with Gasteiger partial charge < -0.3 is 4.74 Å². The van der Waals surface area contributed by atoms with Crippen molar-refractivity contribution in [3.63, 3.8) is 0 Å². The van der Waals surface area contributed by atoms with Crippen molar-refractivity contribution >= 4 is 11.8 Å². The zero-order chi connectivity index (χ0) is 13.0. The van der Waals surface area contributed by atoms with Gasteiger partial charge in [0, 0.05) is 23.0 Å². The lowest BCUT2D eigenvalue weighted by molar-refractivity contribution is -0.140. The summed E-state index contributed by atoms with van der Waals surface area (Å²) in [4.78, 5) is 23.7. The van der Waals surface area contributed by atoms with Crippen LogP contribution in [0.15, 0.2) is 34.9 Å². The summed E-state index contributed by atoms with van der Waals surface area (Å²) in [6.45, 7) is 7.80. The second kappa shape index (κ2) is 3.67. The molecule has 1 fully saturated rings. The van der Waals surface area contributed by atoms with E-state index in [1.54, 1.807) is 6.08 Å². The molecule has 3 aliphatic rings. The summed E-state index contributed by atoms with van der Waals surface area (Å²) in [6, 6.07) is 0. The molecule has 0 radical (unpaired) electrons. The molecule has 1 saturated heterocycles. The number of carbonyl (C=O) groups is 2. The van der Waals surface area contributed by atoms with Crippen molar-refractivity contribution in [1.29, 1.82) is 0 Å². The summed E-state index contributed by atoms with van der Waals surface area (Å²) >= 11 is 0. The lowest BCUT2D eigenvalue weighted by Gasteiger charge is -2.23. The van der Waals surface area contributed by atoms with E-state index in [9.17, 15) is 9.59 Å². The van der Waals surface area contributed by atoms with Gasteiger partial charge in [-0.05, 0) is 32.8 Å². The highest BCUT2D eigenvalue weighted by atomic mass is 16.6. The summed E-state index contributed by atoms with van der Waals surface area (Å²) in [5, 5.41) is 0. The van der Waals surface area contributed by atoms with E-state index in [1.807, 2.05) is 13.8 Å². The number of ether oxygens (including phenoxy) is 1. The van der Waals surface area contributed by atoms with Gasteiger partial charge in [0.25, 0.3) is 0 Å². The first-order chi connectivity index (χ1) is 8.50. The molecule has 0 saturated carbocycles. The molecule has 3 nitrogen and oxygen atoms in total. The van der Waals surface area contributed by atoms with Crippen LogP contribution in [0.1, 0.15) is 26.7 Å². The lowest BCUT2D eigenvalue weighted by Crippen LogP contribution is -2.27. The molecule has 3 atom stereocenters. The number of carbonyl (C=O) groups excluding carboxylic acids is 2. The topological polar surface area (TPSA) is 43.4 Å².